The Labute approximate surface area is 162 Å². The third kappa shape index (κ3) is 2.59. The molecule has 0 radical (unpaired) electrons. The number of nitrogens with zero attached hydrogens (tertiary/aromatic N) is 7. The van der Waals surface area contributed by atoms with E-state index >= 15 is 0 Å². The van der Waals surface area contributed by atoms with Gasteiger partial charge in [0.25, 0.3) is 0 Å². The number of quaternary nitrogens is 1. The summed E-state index contributed by atoms with van der Waals surface area (Å²) in [5, 5.41) is 8.08. The molecule has 1 aliphatic heterocycles. The monoisotopic (exact) mass is 368 g/mol. The van der Waals surface area contributed by atoms with Gasteiger partial charge < -0.3 is 0 Å². The molecule has 2 atom stereocenters. The van der Waals surface area contributed by atoms with Gasteiger partial charge in [-0.25, -0.2) is 0 Å². The van der Waals surface area contributed by atoms with Crippen LogP contribution in [-0.2, 0) is 0 Å². The molecule has 0 amide bonds. The number of fused-ring (bicyclic) bond motifs is 3. The zero-order valence-corrected chi connectivity index (χ0v) is 15.3. The molecule has 0 spiro atoms. The summed E-state index contributed by atoms with van der Waals surface area (Å²) in [5.41, 5.74) is 23.9. The highest BCUT2D eigenvalue weighted by Crippen LogP contribution is 2.53. The van der Waals surface area contributed by atoms with E-state index in [1.54, 1.807) is 6.07 Å². The van der Waals surface area contributed by atoms with E-state index < -0.39 is 0 Å². The maximum atomic E-state index is 9.49. The van der Waals surface area contributed by atoms with Gasteiger partial charge in [-0.3, -0.25) is 0 Å². The molecule has 3 aromatic carbocycles. The number of hydrogen-bond acceptors (Lipinski definition) is 2. The van der Waals surface area contributed by atoms with Crippen LogP contribution in [-0.4, -0.2) is 6.54 Å². The van der Waals surface area contributed by atoms with Crippen LogP contribution in [0.3, 0.4) is 0 Å². The van der Waals surface area contributed by atoms with Gasteiger partial charge in [0.2, 0.25) is 0 Å². The molecular weight excluding hydrogens is 350 g/mol. The minimum atomic E-state index is -0.202. The van der Waals surface area contributed by atoms with E-state index in [1.807, 2.05) is 49.4 Å². The SMILES string of the molecule is CC[N+]1(N=[N+]=[N-])c2cc(N=[N+]=[N-])ccc2-c2ccccc2C1c1ccccc1. The molecule has 1 heterocycles. The largest absolute Gasteiger partial charge is 0.172 e. The molecule has 7 nitrogen and oxygen atoms in total. The Morgan fingerprint density at radius 2 is 1.64 bits per heavy atom. The second kappa shape index (κ2) is 7.10. The molecule has 3 aromatic rings. The van der Waals surface area contributed by atoms with Crippen molar-refractivity contribution in [1.29, 1.82) is 0 Å². The molecule has 0 aliphatic carbocycles. The van der Waals surface area contributed by atoms with Crippen LogP contribution in [0.15, 0.2) is 83.1 Å². The lowest BCUT2D eigenvalue weighted by Crippen LogP contribution is -2.49. The molecule has 0 saturated carbocycles. The molecule has 1 aliphatic rings. The Bertz CT molecular complexity index is 1130. The first-order valence-electron chi connectivity index (χ1n) is 9.03. The summed E-state index contributed by atoms with van der Waals surface area (Å²) in [6, 6.07) is 23.6. The highest BCUT2D eigenvalue weighted by molar-refractivity contribution is 5.85. The summed E-state index contributed by atoms with van der Waals surface area (Å²) in [4.78, 5) is 6.13. The molecule has 136 valence electrons. The van der Waals surface area contributed by atoms with Crippen molar-refractivity contribution in [1.82, 2.24) is 4.59 Å². The van der Waals surface area contributed by atoms with E-state index in [1.165, 1.54) is 0 Å². The van der Waals surface area contributed by atoms with Crippen LogP contribution in [0.4, 0.5) is 11.4 Å². The molecular formula is C21H18N7+. The number of azide groups is 2. The smallest absolute Gasteiger partial charge is 0.160 e. The molecule has 0 aromatic heterocycles. The van der Waals surface area contributed by atoms with Crippen LogP contribution in [0, 0.1) is 0 Å². The molecule has 0 fully saturated rings. The summed E-state index contributed by atoms with van der Waals surface area (Å²) < 4.78 is 0.0433. The average Bonchev–Trinajstić information content (AvgIpc) is 2.75. The lowest BCUT2D eigenvalue weighted by Gasteiger charge is -2.42. The van der Waals surface area contributed by atoms with Crippen molar-refractivity contribution in [3.63, 3.8) is 0 Å². The lowest BCUT2D eigenvalue weighted by molar-refractivity contribution is 0.241. The van der Waals surface area contributed by atoms with E-state index in [2.05, 4.69) is 44.4 Å². The van der Waals surface area contributed by atoms with E-state index in [4.69, 9.17) is 5.53 Å². The molecule has 2 unspecified atom stereocenters. The normalized spacial score (nSPS) is 19.5. The molecule has 0 bridgehead atoms. The summed E-state index contributed by atoms with van der Waals surface area (Å²) in [7, 11) is 0. The van der Waals surface area contributed by atoms with Crippen molar-refractivity contribution in [2.24, 2.45) is 10.3 Å². The van der Waals surface area contributed by atoms with Crippen LogP contribution in [0.1, 0.15) is 24.1 Å². The average molecular weight is 368 g/mol. The fourth-order valence-corrected chi connectivity index (χ4v) is 4.18. The topological polar surface area (TPSA) is 97.5 Å². The highest BCUT2D eigenvalue weighted by atomic mass is 15.7. The minimum absolute atomic E-state index is 0.0433. The fourth-order valence-electron chi connectivity index (χ4n) is 4.18. The summed E-state index contributed by atoms with van der Waals surface area (Å²) in [6.45, 7) is 2.55. The summed E-state index contributed by atoms with van der Waals surface area (Å²) in [5.74, 6) is 0. The van der Waals surface area contributed by atoms with Gasteiger partial charge in [0.15, 0.2) is 11.7 Å². The van der Waals surface area contributed by atoms with Crippen molar-refractivity contribution < 1.29 is 0 Å². The predicted octanol–water partition coefficient (Wildman–Crippen LogP) is 6.95. The lowest BCUT2D eigenvalue weighted by atomic mass is 9.84. The zero-order valence-electron chi connectivity index (χ0n) is 15.3. The first-order valence-corrected chi connectivity index (χ1v) is 9.03. The van der Waals surface area contributed by atoms with Crippen LogP contribution in [0.25, 0.3) is 32.0 Å². The second-order valence-corrected chi connectivity index (χ2v) is 6.61. The van der Waals surface area contributed by atoms with Gasteiger partial charge in [0, 0.05) is 38.9 Å². The Hall–Kier alpha value is -3.76. The second-order valence-electron chi connectivity index (χ2n) is 6.61. The van der Waals surface area contributed by atoms with Gasteiger partial charge in [0.05, 0.1) is 11.5 Å². The van der Waals surface area contributed by atoms with Crippen molar-refractivity contribution in [2.75, 3.05) is 6.54 Å². The third-order valence-electron chi connectivity index (χ3n) is 5.33. The zero-order chi connectivity index (χ0) is 19.6. The predicted molar refractivity (Wildman–Crippen MR) is 110 cm³/mol. The van der Waals surface area contributed by atoms with Crippen LogP contribution in [0.5, 0.6) is 0 Å². The minimum Gasteiger partial charge on any atom is -0.172 e. The third-order valence-corrected chi connectivity index (χ3v) is 5.33. The van der Waals surface area contributed by atoms with Crippen molar-refractivity contribution >= 4 is 11.4 Å². The van der Waals surface area contributed by atoms with Gasteiger partial charge in [0.1, 0.15) is 5.22 Å². The molecule has 4 rings (SSSR count). The van der Waals surface area contributed by atoms with E-state index in [0.717, 1.165) is 27.9 Å². The van der Waals surface area contributed by atoms with Gasteiger partial charge in [-0.2, -0.15) is 4.59 Å². The number of rotatable bonds is 4. The molecule has 28 heavy (non-hydrogen) atoms. The fraction of sp³-hybridized carbons (Fsp3) is 0.143. The van der Waals surface area contributed by atoms with Gasteiger partial charge >= 0.3 is 0 Å². The van der Waals surface area contributed by atoms with Gasteiger partial charge in [-0.15, -0.1) is 0 Å². The Morgan fingerprint density at radius 3 is 2.36 bits per heavy atom. The maximum Gasteiger partial charge on any atom is 0.160 e. The Kier molecular flexibility index (Phi) is 4.47. The van der Waals surface area contributed by atoms with E-state index in [-0.39, 0.29) is 10.6 Å². The number of benzene rings is 3. The first-order chi connectivity index (χ1) is 13.7. The quantitative estimate of drug-likeness (QED) is 0.206. The van der Waals surface area contributed by atoms with Crippen LogP contribution >= 0.6 is 0 Å². The Morgan fingerprint density at radius 1 is 0.893 bits per heavy atom. The molecule has 0 saturated heterocycles. The highest BCUT2D eigenvalue weighted by Gasteiger charge is 2.47. The Balaban J connectivity index is 2.13. The van der Waals surface area contributed by atoms with Crippen molar-refractivity contribution in [3.05, 3.63) is 105 Å². The summed E-state index contributed by atoms with van der Waals surface area (Å²) in [6.07, 6.45) is 0. The maximum absolute atomic E-state index is 9.49. The van der Waals surface area contributed by atoms with Crippen LogP contribution < -0.4 is 4.59 Å². The standard InChI is InChI=1S/C21H18N7/c1-2-28(27-26-23)20-14-16(24-25-22)12-13-18(20)17-10-6-7-11-19(17)21(28)15-8-4-3-5-9-15/h3-14,21H,2H2,1H3/q+1. The van der Waals surface area contributed by atoms with Crippen molar-refractivity contribution in [2.45, 2.75) is 13.0 Å². The van der Waals surface area contributed by atoms with E-state index in [9.17, 15) is 5.53 Å². The summed E-state index contributed by atoms with van der Waals surface area (Å²) >= 11 is 0. The van der Waals surface area contributed by atoms with E-state index in [0.29, 0.717) is 12.2 Å². The van der Waals surface area contributed by atoms with Crippen molar-refractivity contribution in [3.8, 4) is 11.1 Å². The van der Waals surface area contributed by atoms with Crippen LogP contribution in [0.2, 0.25) is 0 Å². The van der Waals surface area contributed by atoms with Gasteiger partial charge in [-0.05, 0) is 24.1 Å². The number of hydrogen-bond donors (Lipinski definition) is 0. The van der Waals surface area contributed by atoms with Gasteiger partial charge in [-0.1, -0.05) is 65.8 Å². The molecule has 0 N–H and O–H groups in total. The first kappa shape index (κ1) is 17.6. The molecule has 7 heteroatoms.